The number of cyclic esters (lactones) is 1. The second-order valence-corrected chi connectivity index (χ2v) is 12.6. The minimum absolute atomic E-state index is 0.0624. The van der Waals surface area contributed by atoms with Crippen molar-refractivity contribution < 1.29 is 14.0 Å². The quantitative estimate of drug-likeness (QED) is 0.414. The molecule has 1 saturated heterocycles. The van der Waals surface area contributed by atoms with Crippen molar-refractivity contribution in [2.45, 2.75) is 90.6 Å². The van der Waals surface area contributed by atoms with Crippen molar-refractivity contribution in [3.63, 3.8) is 0 Å². The zero-order valence-corrected chi connectivity index (χ0v) is 15.8. The van der Waals surface area contributed by atoms with Gasteiger partial charge in [0.15, 0.2) is 8.32 Å². The van der Waals surface area contributed by atoms with E-state index in [9.17, 15) is 4.79 Å². The molecule has 0 bridgehead atoms. The smallest absolute Gasteiger partial charge is 0.334 e. The topological polar surface area (TPSA) is 35.5 Å². The fourth-order valence-corrected chi connectivity index (χ4v) is 3.43. The molecule has 1 fully saturated rings. The molecule has 0 amide bonds. The van der Waals surface area contributed by atoms with Gasteiger partial charge in [0.05, 0.1) is 0 Å². The minimum atomic E-state index is -1.91. The Balaban J connectivity index is 2.50. The predicted molar refractivity (Wildman–Crippen MR) is 89.8 cm³/mol. The Labute approximate surface area is 131 Å². The van der Waals surface area contributed by atoms with Crippen molar-refractivity contribution >= 4 is 14.3 Å². The Bertz CT molecular complexity index is 389. The average Bonchev–Trinajstić information content (AvgIpc) is 2.30. The van der Waals surface area contributed by atoms with E-state index in [2.05, 4.69) is 53.8 Å². The second kappa shape index (κ2) is 7.10. The maximum absolute atomic E-state index is 12.2. The number of allylic oxidation sites excluding steroid dienone is 2. The van der Waals surface area contributed by atoms with Crippen molar-refractivity contribution in [2.24, 2.45) is 0 Å². The summed E-state index contributed by atoms with van der Waals surface area (Å²) in [6, 6.07) is 0. The van der Waals surface area contributed by atoms with Gasteiger partial charge in [-0.2, -0.15) is 0 Å². The number of ether oxygens (including phenoxy) is 1. The van der Waals surface area contributed by atoms with Crippen LogP contribution in [0.15, 0.2) is 11.6 Å². The van der Waals surface area contributed by atoms with Gasteiger partial charge in [-0.25, -0.2) is 4.79 Å². The van der Waals surface area contributed by atoms with E-state index in [1.807, 2.05) is 0 Å². The van der Waals surface area contributed by atoms with E-state index in [1.165, 1.54) is 5.57 Å². The highest BCUT2D eigenvalue weighted by atomic mass is 28.4. The molecule has 2 atom stereocenters. The van der Waals surface area contributed by atoms with E-state index in [-0.39, 0.29) is 23.2 Å². The first-order valence-electron chi connectivity index (χ1n) is 8.04. The van der Waals surface area contributed by atoms with Crippen molar-refractivity contribution in [3.8, 4) is 0 Å². The van der Waals surface area contributed by atoms with Crippen LogP contribution in [-0.2, 0) is 14.0 Å². The molecule has 0 aromatic rings. The first-order chi connectivity index (χ1) is 9.53. The lowest BCUT2D eigenvalue weighted by Gasteiger charge is -2.40. The number of carbonyl (C=O) groups excluding carboxylic acids is 1. The molecule has 122 valence electrons. The molecule has 3 nitrogen and oxygen atoms in total. The van der Waals surface area contributed by atoms with Crippen molar-refractivity contribution in [2.75, 3.05) is 0 Å². The summed E-state index contributed by atoms with van der Waals surface area (Å²) in [5.41, 5.74) is 1.32. The van der Waals surface area contributed by atoms with Crippen LogP contribution in [-0.4, -0.2) is 26.5 Å². The van der Waals surface area contributed by atoms with E-state index in [4.69, 9.17) is 9.16 Å². The summed E-state index contributed by atoms with van der Waals surface area (Å²) in [5, 5.41) is 0.119. The van der Waals surface area contributed by atoms with Crippen molar-refractivity contribution in [1.29, 1.82) is 0 Å². The Kier molecular flexibility index (Phi) is 6.23. The predicted octanol–water partition coefficient (Wildman–Crippen LogP) is 4.83. The largest absolute Gasteiger partial charge is 0.460 e. The van der Waals surface area contributed by atoms with Gasteiger partial charge in [0.25, 0.3) is 0 Å². The normalized spacial score (nSPS) is 23.7. The molecule has 1 aliphatic rings. The van der Waals surface area contributed by atoms with Crippen LogP contribution in [0.5, 0.6) is 0 Å². The molecule has 1 heterocycles. The van der Waals surface area contributed by atoms with Crippen LogP contribution in [0.4, 0.5) is 0 Å². The first kappa shape index (κ1) is 18.4. The highest BCUT2D eigenvalue weighted by Gasteiger charge is 2.42. The highest BCUT2D eigenvalue weighted by Crippen LogP contribution is 2.38. The molecule has 21 heavy (non-hydrogen) atoms. The van der Waals surface area contributed by atoms with Crippen LogP contribution in [0.2, 0.25) is 18.1 Å². The fourth-order valence-electron chi connectivity index (χ4n) is 2.15. The zero-order chi connectivity index (χ0) is 16.3. The summed E-state index contributed by atoms with van der Waals surface area (Å²) < 4.78 is 11.8. The lowest BCUT2D eigenvalue weighted by atomic mass is 10.0. The Morgan fingerprint density at radius 3 is 2.43 bits per heavy atom. The summed E-state index contributed by atoms with van der Waals surface area (Å²) in [7, 11) is -1.91. The van der Waals surface area contributed by atoms with Crippen LogP contribution < -0.4 is 0 Å². The van der Waals surface area contributed by atoms with Gasteiger partial charge in [-0.3, -0.25) is 0 Å². The van der Waals surface area contributed by atoms with Crippen molar-refractivity contribution in [1.82, 2.24) is 0 Å². The molecular weight excluding hydrogens is 280 g/mol. The third-order valence-electron chi connectivity index (χ3n) is 4.58. The summed E-state index contributed by atoms with van der Waals surface area (Å²) >= 11 is 0. The molecule has 4 heteroatoms. The molecule has 0 radical (unpaired) electrons. The van der Waals surface area contributed by atoms with Gasteiger partial charge in [-0.05, 0) is 57.7 Å². The lowest BCUT2D eigenvalue weighted by Crippen LogP contribution is -2.48. The summed E-state index contributed by atoms with van der Waals surface area (Å²) in [5.74, 6) is -0.159. The average molecular weight is 313 g/mol. The Morgan fingerprint density at radius 2 is 1.95 bits per heavy atom. The van der Waals surface area contributed by atoms with Crippen LogP contribution in [0.1, 0.15) is 60.3 Å². The standard InChI is InChI=1S/C17H32O3Si/c1-13(2)9-8-10-14-11-12-15(16(18)19-14)20-21(6,7)17(3,4)5/h9,14-15H,8,10-12H2,1-7H3/t14-,15+/m1/s1. The van der Waals surface area contributed by atoms with Crippen LogP contribution in [0, 0.1) is 0 Å². The number of hydrogen-bond acceptors (Lipinski definition) is 3. The van der Waals surface area contributed by atoms with Crippen molar-refractivity contribution in [3.05, 3.63) is 11.6 Å². The number of rotatable bonds is 5. The molecule has 0 unspecified atom stereocenters. The highest BCUT2D eigenvalue weighted by molar-refractivity contribution is 6.74. The number of carbonyl (C=O) groups is 1. The third-order valence-corrected chi connectivity index (χ3v) is 9.07. The van der Waals surface area contributed by atoms with Gasteiger partial charge in [-0.1, -0.05) is 32.4 Å². The summed E-state index contributed by atoms with van der Waals surface area (Å²) in [6.45, 7) is 15.1. The lowest BCUT2D eigenvalue weighted by molar-refractivity contribution is -0.165. The van der Waals surface area contributed by atoms with Crippen LogP contribution >= 0.6 is 0 Å². The third kappa shape index (κ3) is 5.59. The Hall–Kier alpha value is -0.613. The maximum Gasteiger partial charge on any atom is 0.334 e. The zero-order valence-electron chi connectivity index (χ0n) is 14.8. The van der Waals surface area contributed by atoms with E-state index in [0.29, 0.717) is 0 Å². The molecular formula is C17H32O3Si. The van der Waals surface area contributed by atoms with Gasteiger partial charge < -0.3 is 9.16 Å². The van der Waals surface area contributed by atoms with E-state index >= 15 is 0 Å². The SMILES string of the molecule is CC(C)=CCC[C@@H]1CC[C@H](O[Si](C)(C)C(C)(C)C)C(=O)O1. The molecule has 0 aromatic heterocycles. The van der Waals surface area contributed by atoms with Gasteiger partial charge in [0.2, 0.25) is 0 Å². The monoisotopic (exact) mass is 312 g/mol. The van der Waals surface area contributed by atoms with E-state index in [1.54, 1.807) is 0 Å². The molecule has 0 saturated carbocycles. The van der Waals surface area contributed by atoms with E-state index < -0.39 is 8.32 Å². The van der Waals surface area contributed by atoms with E-state index in [0.717, 1.165) is 25.7 Å². The second-order valence-electron chi connectivity index (χ2n) is 7.86. The molecule has 1 rings (SSSR count). The van der Waals surface area contributed by atoms with Crippen LogP contribution in [0.3, 0.4) is 0 Å². The Morgan fingerprint density at radius 1 is 1.33 bits per heavy atom. The molecule has 0 aromatic carbocycles. The van der Waals surface area contributed by atoms with Gasteiger partial charge >= 0.3 is 5.97 Å². The summed E-state index contributed by atoms with van der Waals surface area (Å²) in [6.07, 6.45) is 5.52. The minimum Gasteiger partial charge on any atom is -0.460 e. The molecule has 0 aliphatic carbocycles. The van der Waals surface area contributed by atoms with Gasteiger partial charge in [-0.15, -0.1) is 0 Å². The molecule has 0 N–H and O–H groups in total. The first-order valence-corrected chi connectivity index (χ1v) is 11.0. The van der Waals surface area contributed by atoms with Gasteiger partial charge in [0.1, 0.15) is 12.2 Å². The summed E-state index contributed by atoms with van der Waals surface area (Å²) in [4.78, 5) is 12.2. The maximum atomic E-state index is 12.2. The molecule has 1 aliphatic heterocycles. The molecule has 0 spiro atoms. The number of esters is 1. The fraction of sp³-hybridized carbons (Fsp3) is 0.824. The number of hydrogen-bond donors (Lipinski definition) is 0. The van der Waals surface area contributed by atoms with Gasteiger partial charge in [0, 0.05) is 0 Å². The van der Waals surface area contributed by atoms with Crippen LogP contribution in [0.25, 0.3) is 0 Å².